The van der Waals surface area contributed by atoms with E-state index in [1.165, 1.54) is 171 Å². The summed E-state index contributed by atoms with van der Waals surface area (Å²) in [6.45, 7) is 8.42. The zero-order valence-electron chi connectivity index (χ0n) is 32.2. The zero-order valence-corrected chi connectivity index (χ0v) is 32.2. The molecular weight excluding hydrogens is 605 g/mol. The summed E-state index contributed by atoms with van der Waals surface area (Å²) < 4.78 is 0. The third-order valence-electron chi connectivity index (χ3n) is 10.9. The lowest BCUT2D eigenvalue weighted by Crippen LogP contribution is -1.97. The van der Waals surface area contributed by atoms with Crippen molar-refractivity contribution in [1.29, 1.82) is 0 Å². The Bertz CT molecular complexity index is 1380. The molecule has 0 spiro atoms. The average Bonchev–Trinajstić information content (AvgIpc) is 3.10. The van der Waals surface area contributed by atoms with Crippen molar-refractivity contribution in [3.8, 4) is 0 Å². The molecule has 0 aliphatic rings. The smallest absolute Gasteiger partial charge is 0.0373 e. The molecule has 0 amide bonds. The highest BCUT2D eigenvalue weighted by Crippen LogP contribution is 2.23. The third-order valence-corrected chi connectivity index (χ3v) is 10.9. The Balaban J connectivity index is 0.902. The van der Waals surface area contributed by atoms with Gasteiger partial charge >= 0.3 is 0 Å². The van der Waals surface area contributed by atoms with Gasteiger partial charge < -0.3 is 11.5 Å². The highest BCUT2D eigenvalue weighted by atomic mass is 14.6. The van der Waals surface area contributed by atoms with E-state index in [1.54, 1.807) is 0 Å². The molecule has 4 N–H and O–H groups in total. The molecule has 0 radical (unpaired) electrons. The van der Waals surface area contributed by atoms with E-state index in [9.17, 15) is 0 Å². The maximum Gasteiger partial charge on any atom is 0.0373 e. The minimum Gasteiger partial charge on any atom is -0.398 e. The minimum atomic E-state index is 0.925. The van der Waals surface area contributed by atoms with Crippen molar-refractivity contribution < 1.29 is 0 Å². The van der Waals surface area contributed by atoms with Gasteiger partial charge in [-0.15, -0.1) is 0 Å². The van der Waals surface area contributed by atoms with Crippen molar-refractivity contribution in [3.05, 3.63) is 128 Å². The van der Waals surface area contributed by atoms with E-state index in [0.717, 1.165) is 24.2 Å². The summed E-state index contributed by atoms with van der Waals surface area (Å²) in [6, 6.07) is 27.5. The second-order valence-corrected chi connectivity index (χ2v) is 15.4. The van der Waals surface area contributed by atoms with Crippen LogP contribution in [0.1, 0.15) is 158 Å². The lowest BCUT2D eigenvalue weighted by Gasteiger charge is -2.10. The van der Waals surface area contributed by atoms with Crippen molar-refractivity contribution >= 4 is 11.4 Å². The van der Waals surface area contributed by atoms with Gasteiger partial charge in [0.2, 0.25) is 0 Å². The molecule has 2 nitrogen and oxygen atoms in total. The molecule has 50 heavy (non-hydrogen) atoms. The minimum absolute atomic E-state index is 0.925. The standard InChI is InChI=1S/C48H68N2/c1-37-31-45(32-38(2)47(37)49)35-43-27-23-41(24-28-43)21-19-17-15-13-11-9-7-5-6-8-10-12-14-16-18-20-22-42-25-29-44(30-26-42)36-46-33-39(3)48(50)40(4)34-46/h23-34H,5-22,35-36,49-50H2,1-4H3. The lowest BCUT2D eigenvalue weighted by molar-refractivity contribution is 0.528. The Labute approximate surface area is 306 Å². The van der Waals surface area contributed by atoms with Crippen LogP contribution in [0, 0.1) is 27.7 Å². The molecule has 270 valence electrons. The zero-order chi connectivity index (χ0) is 35.6. The maximum absolute atomic E-state index is 6.13. The van der Waals surface area contributed by atoms with Gasteiger partial charge in [0.15, 0.2) is 0 Å². The molecule has 0 atom stereocenters. The molecule has 0 heterocycles. The Morgan fingerprint density at radius 2 is 0.520 bits per heavy atom. The van der Waals surface area contributed by atoms with E-state index in [2.05, 4.69) is 100 Å². The molecule has 4 rings (SSSR count). The predicted octanol–water partition coefficient (Wildman–Crippen LogP) is 13.3. The molecule has 4 aromatic rings. The molecule has 0 aliphatic carbocycles. The Morgan fingerprint density at radius 3 is 0.780 bits per heavy atom. The van der Waals surface area contributed by atoms with E-state index in [-0.39, 0.29) is 0 Å². The number of aryl methyl sites for hydroxylation is 6. The number of hydrogen-bond acceptors (Lipinski definition) is 2. The summed E-state index contributed by atoms with van der Waals surface area (Å²) >= 11 is 0. The van der Waals surface area contributed by atoms with Crippen LogP contribution in [0.15, 0.2) is 72.8 Å². The van der Waals surface area contributed by atoms with E-state index < -0.39 is 0 Å². The van der Waals surface area contributed by atoms with Crippen LogP contribution in [0.25, 0.3) is 0 Å². The molecule has 0 unspecified atom stereocenters. The molecule has 0 fully saturated rings. The predicted molar refractivity (Wildman–Crippen MR) is 220 cm³/mol. The van der Waals surface area contributed by atoms with Crippen LogP contribution in [0.5, 0.6) is 0 Å². The van der Waals surface area contributed by atoms with Crippen LogP contribution in [-0.4, -0.2) is 0 Å². The fraction of sp³-hybridized carbons (Fsp3) is 0.500. The summed E-state index contributed by atoms with van der Waals surface area (Å²) in [5.74, 6) is 0. The molecule has 0 aromatic heterocycles. The largest absolute Gasteiger partial charge is 0.398 e. The number of unbranched alkanes of at least 4 members (excludes halogenated alkanes) is 15. The van der Waals surface area contributed by atoms with Crippen LogP contribution in [-0.2, 0) is 25.7 Å². The van der Waals surface area contributed by atoms with Crippen LogP contribution >= 0.6 is 0 Å². The van der Waals surface area contributed by atoms with Gasteiger partial charge in [-0.2, -0.15) is 0 Å². The fourth-order valence-electron chi connectivity index (χ4n) is 7.58. The van der Waals surface area contributed by atoms with E-state index >= 15 is 0 Å². The van der Waals surface area contributed by atoms with Crippen molar-refractivity contribution in [2.24, 2.45) is 0 Å². The molecule has 4 aromatic carbocycles. The third kappa shape index (κ3) is 14.0. The van der Waals surface area contributed by atoms with Crippen LogP contribution in [0.4, 0.5) is 11.4 Å². The second kappa shape index (κ2) is 21.6. The van der Waals surface area contributed by atoms with Gasteiger partial charge in [0.25, 0.3) is 0 Å². The molecule has 0 bridgehead atoms. The summed E-state index contributed by atoms with van der Waals surface area (Å²) in [6.07, 6.45) is 26.8. The number of rotatable bonds is 23. The first-order chi connectivity index (χ1) is 24.3. The monoisotopic (exact) mass is 673 g/mol. The number of anilines is 2. The quantitative estimate of drug-likeness (QED) is 0.0608. The van der Waals surface area contributed by atoms with Gasteiger partial charge in [0.05, 0.1) is 0 Å². The van der Waals surface area contributed by atoms with Crippen LogP contribution < -0.4 is 11.5 Å². The Hall–Kier alpha value is -3.52. The van der Waals surface area contributed by atoms with Gasteiger partial charge in [-0.05, 0) is 122 Å². The SMILES string of the molecule is Cc1cc(Cc2ccc(CCCCCCCCCCCCCCCCCCc3ccc(Cc4cc(C)c(N)c(C)c4)cc3)cc2)cc(C)c1N. The molecule has 0 saturated carbocycles. The summed E-state index contributed by atoms with van der Waals surface area (Å²) in [5.41, 5.74) is 27.3. The van der Waals surface area contributed by atoms with Gasteiger partial charge in [-0.1, -0.05) is 163 Å². The highest BCUT2D eigenvalue weighted by molar-refractivity contribution is 5.55. The van der Waals surface area contributed by atoms with Crippen LogP contribution in [0.3, 0.4) is 0 Å². The molecule has 2 heteroatoms. The van der Waals surface area contributed by atoms with Gasteiger partial charge in [-0.3, -0.25) is 0 Å². The van der Waals surface area contributed by atoms with E-state index in [4.69, 9.17) is 11.5 Å². The van der Waals surface area contributed by atoms with Crippen molar-refractivity contribution in [2.45, 2.75) is 156 Å². The molecular formula is C48H68N2. The number of nitrogen functional groups attached to an aromatic ring is 2. The fourth-order valence-corrected chi connectivity index (χ4v) is 7.58. The first-order valence-electron chi connectivity index (χ1n) is 20.2. The number of hydrogen-bond donors (Lipinski definition) is 2. The van der Waals surface area contributed by atoms with Crippen LogP contribution in [0.2, 0.25) is 0 Å². The Morgan fingerprint density at radius 1 is 0.300 bits per heavy atom. The second-order valence-electron chi connectivity index (χ2n) is 15.4. The van der Waals surface area contributed by atoms with E-state index in [0.29, 0.717) is 0 Å². The van der Waals surface area contributed by atoms with Crippen molar-refractivity contribution in [1.82, 2.24) is 0 Å². The average molecular weight is 673 g/mol. The molecule has 0 aliphatic heterocycles. The summed E-state index contributed by atoms with van der Waals surface area (Å²) in [4.78, 5) is 0. The first-order valence-corrected chi connectivity index (χ1v) is 20.2. The normalized spacial score (nSPS) is 11.4. The molecule has 0 saturated heterocycles. The summed E-state index contributed by atoms with van der Waals surface area (Å²) in [5, 5.41) is 0. The van der Waals surface area contributed by atoms with E-state index in [1.807, 2.05) is 0 Å². The highest BCUT2D eigenvalue weighted by Gasteiger charge is 2.05. The number of nitrogens with two attached hydrogens (primary N) is 2. The topological polar surface area (TPSA) is 52.0 Å². The van der Waals surface area contributed by atoms with Crippen molar-refractivity contribution in [2.75, 3.05) is 11.5 Å². The van der Waals surface area contributed by atoms with Gasteiger partial charge in [-0.25, -0.2) is 0 Å². The Kier molecular flexibility index (Phi) is 17.0. The number of benzene rings is 4. The maximum atomic E-state index is 6.13. The summed E-state index contributed by atoms with van der Waals surface area (Å²) in [7, 11) is 0. The van der Waals surface area contributed by atoms with Gasteiger partial charge in [0.1, 0.15) is 0 Å². The van der Waals surface area contributed by atoms with Crippen molar-refractivity contribution in [3.63, 3.8) is 0 Å². The lowest BCUT2D eigenvalue weighted by atomic mass is 9.97. The first kappa shape index (κ1) is 39.3. The van der Waals surface area contributed by atoms with Gasteiger partial charge in [0, 0.05) is 11.4 Å².